The van der Waals surface area contributed by atoms with Gasteiger partial charge >= 0.3 is 0 Å². The third-order valence-electron chi connectivity index (χ3n) is 5.44. The number of piperidine rings is 1. The molecule has 0 aromatic heterocycles. The number of hydrogen-bond acceptors (Lipinski definition) is 4. The first kappa shape index (κ1) is 22.6. The largest absolute Gasteiger partial charge is 0.497 e. The molecule has 1 heterocycles. The van der Waals surface area contributed by atoms with Gasteiger partial charge in [-0.3, -0.25) is 14.7 Å². The number of nitrogens with one attached hydrogen (secondary N) is 3. The Balaban J connectivity index is 1.34. The maximum absolute atomic E-state index is 12.3. The average Bonchev–Trinajstić information content (AvgIpc) is 2.82. The van der Waals surface area contributed by atoms with Gasteiger partial charge in [0.2, 0.25) is 0 Å². The number of amides is 1. The molecule has 3 rings (SSSR count). The molecule has 2 aromatic rings. The lowest BCUT2D eigenvalue weighted by atomic mass is 10.0. The van der Waals surface area contributed by atoms with Gasteiger partial charge in [-0.05, 0) is 36.6 Å². The molecule has 0 radical (unpaired) electrons. The van der Waals surface area contributed by atoms with E-state index in [0.717, 1.165) is 38.4 Å². The van der Waals surface area contributed by atoms with Crippen molar-refractivity contribution in [3.8, 4) is 5.75 Å². The minimum atomic E-state index is -0.116. The van der Waals surface area contributed by atoms with Gasteiger partial charge in [0.25, 0.3) is 5.91 Å². The highest BCUT2D eigenvalue weighted by molar-refractivity contribution is 5.94. The molecule has 1 fully saturated rings. The number of carbonyl (C=O) groups excluding carboxylic acids is 1. The monoisotopic (exact) mass is 423 g/mol. The Morgan fingerprint density at radius 1 is 1.06 bits per heavy atom. The first-order chi connectivity index (χ1) is 15.2. The molecule has 1 saturated heterocycles. The van der Waals surface area contributed by atoms with Gasteiger partial charge in [0.15, 0.2) is 5.96 Å². The zero-order valence-corrected chi connectivity index (χ0v) is 18.4. The number of likely N-dealkylation sites (tertiary alicyclic amines) is 1. The highest BCUT2D eigenvalue weighted by atomic mass is 16.5. The second-order valence-corrected chi connectivity index (χ2v) is 7.67. The van der Waals surface area contributed by atoms with Gasteiger partial charge in [-0.1, -0.05) is 36.4 Å². The lowest BCUT2D eigenvalue weighted by Crippen LogP contribution is -2.49. The average molecular weight is 424 g/mol. The Morgan fingerprint density at radius 2 is 1.81 bits per heavy atom. The number of carbonyl (C=O) groups is 1. The lowest BCUT2D eigenvalue weighted by Gasteiger charge is -2.33. The van der Waals surface area contributed by atoms with Crippen molar-refractivity contribution in [2.75, 3.05) is 40.3 Å². The fourth-order valence-corrected chi connectivity index (χ4v) is 3.69. The molecule has 166 valence electrons. The summed E-state index contributed by atoms with van der Waals surface area (Å²) in [4.78, 5) is 19.1. The van der Waals surface area contributed by atoms with Crippen LogP contribution in [-0.2, 0) is 6.54 Å². The van der Waals surface area contributed by atoms with Crippen molar-refractivity contribution in [2.24, 2.45) is 4.99 Å². The number of aliphatic imine (C=N–C) groups is 1. The Bertz CT molecular complexity index is 848. The maximum atomic E-state index is 12.3. The van der Waals surface area contributed by atoms with Crippen molar-refractivity contribution >= 4 is 11.9 Å². The molecular formula is C24H33N5O2. The normalized spacial score (nSPS) is 15.4. The first-order valence-corrected chi connectivity index (χ1v) is 10.8. The summed E-state index contributed by atoms with van der Waals surface area (Å²) < 4.78 is 5.17. The Hall–Kier alpha value is -3.06. The van der Waals surface area contributed by atoms with Crippen LogP contribution in [0.1, 0.15) is 28.8 Å². The summed E-state index contributed by atoms with van der Waals surface area (Å²) in [5, 5.41) is 9.71. The molecular weight excluding hydrogens is 390 g/mol. The summed E-state index contributed by atoms with van der Waals surface area (Å²) in [6, 6.07) is 18.2. The molecule has 0 atom stereocenters. The van der Waals surface area contributed by atoms with Crippen LogP contribution in [0.3, 0.4) is 0 Å². The van der Waals surface area contributed by atoms with E-state index in [1.165, 1.54) is 5.56 Å². The van der Waals surface area contributed by atoms with E-state index in [1.54, 1.807) is 26.3 Å². The van der Waals surface area contributed by atoms with Crippen LogP contribution in [0.5, 0.6) is 5.75 Å². The van der Waals surface area contributed by atoms with E-state index < -0.39 is 0 Å². The Kier molecular flexibility index (Phi) is 8.72. The zero-order chi connectivity index (χ0) is 21.9. The van der Waals surface area contributed by atoms with Crippen molar-refractivity contribution in [3.63, 3.8) is 0 Å². The van der Waals surface area contributed by atoms with E-state index in [9.17, 15) is 4.79 Å². The van der Waals surface area contributed by atoms with E-state index >= 15 is 0 Å². The van der Waals surface area contributed by atoms with E-state index in [1.807, 2.05) is 12.1 Å². The third kappa shape index (κ3) is 7.29. The second kappa shape index (κ2) is 12.0. The zero-order valence-electron chi connectivity index (χ0n) is 18.4. The van der Waals surface area contributed by atoms with Crippen molar-refractivity contribution in [1.29, 1.82) is 0 Å². The van der Waals surface area contributed by atoms with Gasteiger partial charge in [-0.2, -0.15) is 0 Å². The molecule has 0 bridgehead atoms. The number of ether oxygens (including phenoxy) is 1. The quantitative estimate of drug-likeness (QED) is 0.345. The van der Waals surface area contributed by atoms with Crippen LogP contribution in [0.15, 0.2) is 59.6 Å². The number of hydrogen-bond donors (Lipinski definition) is 3. The molecule has 1 aliphatic heterocycles. The summed E-state index contributed by atoms with van der Waals surface area (Å²) in [5.74, 6) is 1.33. The number of rotatable bonds is 8. The minimum absolute atomic E-state index is 0.116. The molecule has 7 nitrogen and oxygen atoms in total. The lowest BCUT2D eigenvalue weighted by molar-refractivity contribution is 0.0954. The summed E-state index contributed by atoms with van der Waals surface area (Å²) in [6.45, 7) is 4.25. The van der Waals surface area contributed by atoms with Crippen LogP contribution in [0.25, 0.3) is 0 Å². The Labute approximate surface area is 184 Å². The van der Waals surface area contributed by atoms with Crippen LogP contribution >= 0.6 is 0 Å². The predicted octanol–water partition coefficient (Wildman–Crippen LogP) is 2.25. The molecule has 0 aliphatic carbocycles. The fraction of sp³-hybridized carbons (Fsp3) is 0.417. The van der Waals surface area contributed by atoms with Gasteiger partial charge < -0.3 is 20.7 Å². The SMILES string of the molecule is CN=C(NCCNC(=O)c1cccc(OC)c1)NC1CCN(Cc2ccccc2)CC1. The summed E-state index contributed by atoms with van der Waals surface area (Å²) in [5.41, 5.74) is 1.95. The minimum Gasteiger partial charge on any atom is -0.497 e. The van der Waals surface area contributed by atoms with E-state index in [2.05, 4.69) is 56.2 Å². The van der Waals surface area contributed by atoms with Gasteiger partial charge in [-0.25, -0.2) is 0 Å². The smallest absolute Gasteiger partial charge is 0.251 e. The standard InChI is InChI=1S/C24H33N5O2/c1-25-24(27-14-13-26-23(30)20-9-6-10-22(17-20)31-2)28-21-11-15-29(16-12-21)18-19-7-4-3-5-8-19/h3-10,17,21H,11-16,18H2,1-2H3,(H,26,30)(H2,25,27,28). The predicted molar refractivity (Wildman–Crippen MR) is 125 cm³/mol. The number of methoxy groups -OCH3 is 1. The highest BCUT2D eigenvalue weighted by Crippen LogP contribution is 2.14. The molecule has 0 spiro atoms. The highest BCUT2D eigenvalue weighted by Gasteiger charge is 2.20. The van der Waals surface area contributed by atoms with Crippen molar-refractivity contribution < 1.29 is 9.53 Å². The number of nitrogens with zero attached hydrogens (tertiary/aromatic N) is 2. The van der Waals surface area contributed by atoms with Crippen LogP contribution < -0.4 is 20.7 Å². The summed E-state index contributed by atoms with van der Waals surface area (Å²) >= 11 is 0. The Morgan fingerprint density at radius 3 is 2.52 bits per heavy atom. The first-order valence-electron chi connectivity index (χ1n) is 10.8. The molecule has 0 saturated carbocycles. The summed E-state index contributed by atoms with van der Waals surface area (Å²) in [7, 11) is 3.36. The molecule has 7 heteroatoms. The van der Waals surface area contributed by atoms with Crippen molar-refractivity contribution in [2.45, 2.75) is 25.4 Å². The van der Waals surface area contributed by atoms with Crippen LogP contribution in [0.4, 0.5) is 0 Å². The fourth-order valence-electron chi connectivity index (χ4n) is 3.69. The van der Waals surface area contributed by atoms with Crippen molar-refractivity contribution in [1.82, 2.24) is 20.9 Å². The molecule has 31 heavy (non-hydrogen) atoms. The van der Waals surface area contributed by atoms with E-state index in [0.29, 0.717) is 30.4 Å². The van der Waals surface area contributed by atoms with E-state index in [-0.39, 0.29) is 5.91 Å². The summed E-state index contributed by atoms with van der Waals surface area (Å²) in [6.07, 6.45) is 2.17. The molecule has 3 N–H and O–H groups in total. The number of benzene rings is 2. The van der Waals surface area contributed by atoms with E-state index in [4.69, 9.17) is 4.74 Å². The molecule has 1 amide bonds. The topological polar surface area (TPSA) is 78.0 Å². The molecule has 1 aliphatic rings. The third-order valence-corrected chi connectivity index (χ3v) is 5.44. The van der Waals surface area contributed by atoms with Crippen molar-refractivity contribution in [3.05, 3.63) is 65.7 Å². The van der Waals surface area contributed by atoms with Crippen LogP contribution in [0.2, 0.25) is 0 Å². The van der Waals surface area contributed by atoms with Crippen LogP contribution in [-0.4, -0.2) is 63.1 Å². The molecule has 2 aromatic carbocycles. The van der Waals surface area contributed by atoms with Gasteiger partial charge in [0.1, 0.15) is 5.75 Å². The second-order valence-electron chi connectivity index (χ2n) is 7.67. The molecule has 0 unspecified atom stereocenters. The number of guanidine groups is 1. The van der Waals surface area contributed by atoms with Gasteiger partial charge in [-0.15, -0.1) is 0 Å². The maximum Gasteiger partial charge on any atom is 0.251 e. The van der Waals surface area contributed by atoms with Gasteiger partial charge in [0, 0.05) is 51.4 Å². The van der Waals surface area contributed by atoms with Crippen LogP contribution in [0, 0.1) is 0 Å². The van der Waals surface area contributed by atoms with Gasteiger partial charge in [0.05, 0.1) is 7.11 Å².